The summed E-state index contributed by atoms with van der Waals surface area (Å²) in [5.74, 6) is 0.0478. The lowest BCUT2D eigenvalue weighted by Crippen LogP contribution is -2.11. The molecule has 9 heteroatoms. The maximum atomic E-state index is 9.19. The van der Waals surface area contributed by atoms with Crippen LogP contribution in [-0.2, 0) is 10.1 Å². The molecule has 0 aliphatic carbocycles. The standard InChI is InChI=1S/C16H17N5.CH4O3S/c17-14-9-13(16(20)21)8-7-11(14)4-1-10-2-5-12(6-3-10)15(18)19;1-5(2,3)4/h1-9H,17H2,(H3,18,19)(H3,20,21);1H3,(H,2,3,4)/b4-1+;. The van der Waals surface area contributed by atoms with Crippen molar-refractivity contribution in [1.82, 2.24) is 0 Å². The van der Waals surface area contributed by atoms with Crippen LogP contribution < -0.4 is 17.2 Å². The maximum absolute atomic E-state index is 9.19. The van der Waals surface area contributed by atoms with Crippen molar-refractivity contribution in [2.45, 2.75) is 0 Å². The minimum absolute atomic E-state index is 0.00273. The molecule has 138 valence electrons. The lowest BCUT2D eigenvalue weighted by Gasteiger charge is -2.04. The van der Waals surface area contributed by atoms with E-state index in [4.69, 9.17) is 32.6 Å². The van der Waals surface area contributed by atoms with E-state index in [0.717, 1.165) is 11.1 Å². The Labute approximate surface area is 152 Å². The molecule has 2 rings (SSSR count). The molecule has 0 amide bonds. The Morgan fingerprint density at radius 1 is 0.962 bits per heavy atom. The van der Waals surface area contributed by atoms with Crippen molar-refractivity contribution < 1.29 is 13.0 Å². The zero-order chi connectivity index (χ0) is 19.9. The van der Waals surface area contributed by atoms with Crippen molar-refractivity contribution in [3.8, 4) is 0 Å². The smallest absolute Gasteiger partial charge is 0.261 e. The first kappa shape index (κ1) is 20.9. The van der Waals surface area contributed by atoms with Gasteiger partial charge < -0.3 is 17.2 Å². The van der Waals surface area contributed by atoms with E-state index in [2.05, 4.69) is 0 Å². The van der Waals surface area contributed by atoms with Crippen molar-refractivity contribution in [3.05, 3.63) is 64.7 Å². The highest BCUT2D eigenvalue weighted by Crippen LogP contribution is 2.17. The van der Waals surface area contributed by atoms with Gasteiger partial charge in [0, 0.05) is 16.8 Å². The SMILES string of the molecule is CS(=O)(=O)O.N=C(N)c1ccc(/C=C/c2ccc(C(=N)N)cc2N)cc1. The minimum atomic E-state index is -3.67. The monoisotopic (exact) mass is 375 g/mol. The van der Waals surface area contributed by atoms with E-state index >= 15 is 0 Å². The van der Waals surface area contributed by atoms with Crippen LogP contribution in [0.25, 0.3) is 12.2 Å². The number of anilines is 1. The Morgan fingerprint density at radius 2 is 1.42 bits per heavy atom. The molecule has 2 aromatic carbocycles. The van der Waals surface area contributed by atoms with E-state index in [-0.39, 0.29) is 11.7 Å². The summed E-state index contributed by atoms with van der Waals surface area (Å²) >= 11 is 0. The first-order chi connectivity index (χ1) is 12.0. The Bertz CT molecular complexity index is 927. The number of hydrogen-bond donors (Lipinski definition) is 6. The van der Waals surface area contributed by atoms with Crippen LogP contribution in [0.2, 0.25) is 0 Å². The average molecular weight is 375 g/mol. The molecule has 0 bridgehead atoms. The number of nitrogen functional groups attached to an aromatic ring is 3. The first-order valence-corrected chi connectivity index (χ1v) is 9.11. The zero-order valence-electron chi connectivity index (χ0n) is 14.1. The average Bonchev–Trinajstić information content (AvgIpc) is 2.52. The Kier molecular flexibility index (Phi) is 7.06. The van der Waals surface area contributed by atoms with Gasteiger partial charge in [0.2, 0.25) is 0 Å². The summed E-state index contributed by atoms with van der Waals surface area (Å²) in [6.45, 7) is 0. The van der Waals surface area contributed by atoms with E-state index in [9.17, 15) is 8.42 Å². The van der Waals surface area contributed by atoms with Crippen LogP contribution >= 0.6 is 0 Å². The molecule has 8 nitrogen and oxygen atoms in total. The van der Waals surface area contributed by atoms with Gasteiger partial charge in [0.25, 0.3) is 10.1 Å². The summed E-state index contributed by atoms with van der Waals surface area (Å²) in [7, 11) is -3.67. The van der Waals surface area contributed by atoms with E-state index in [1.807, 2.05) is 30.4 Å². The highest BCUT2D eigenvalue weighted by Gasteiger charge is 2.00. The van der Waals surface area contributed by atoms with Crippen LogP contribution in [0.1, 0.15) is 22.3 Å². The number of amidine groups is 2. The van der Waals surface area contributed by atoms with E-state index in [1.165, 1.54) is 0 Å². The van der Waals surface area contributed by atoms with Crippen molar-refractivity contribution in [2.24, 2.45) is 11.5 Å². The molecule has 0 fully saturated rings. The Balaban J connectivity index is 0.000000597. The normalized spacial score (nSPS) is 10.8. The third-order valence-electron chi connectivity index (χ3n) is 3.07. The van der Waals surface area contributed by atoms with Gasteiger partial charge in [-0.15, -0.1) is 0 Å². The maximum Gasteiger partial charge on any atom is 0.261 e. The van der Waals surface area contributed by atoms with Gasteiger partial charge in [0.15, 0.2) is 0 Å². The zero-order valence-corrected chi connectivity index (χ0v) is 14.9. The molecule has 0 aromatic heterocycles. The van der Waals surface area contributed by atoms with Crippen LogP contribution in [0.4, 0.5) is 5.69 Å². The van der Waals surface area contributed by atoms with Crippen molar-refractivity contribution in [2.75, 3.05) is 12.0 Å². The lowest BCUT2D eigenvalue weighted by molar-refractivity contribution is 0.490. The molecule has 0 heterocycles. The van der Waals surface area contributed by atoms with Gasteiger partial charge >= 0.3 is 0 Å². The fourth-order valence-corrected chi connectivity index (χ4v) is 1.85. The fraction of sp³-hybridized carbons (Fsp3) is 0.0588. The number of nitrogens with one attached hydrogen (secondary N) is 2. The summed E-state index contributed by atoms with van der Waals surface area (Å²) in [4.78, 5) is 0. The fourth-order valence-electron chi connectivity index (χ4n) is 1.85. The predicted molar refractivity (Wildman–Crippen MR) is 106 cm³/mol. The van der Waals surface area contributed by atoms with E-state index in [1.54, 1.807) is 24.3 Å². The van der Waals surface area contributed by atoms with Crippen molar-refractivity contribution >= 4 is 39.6 Å². The second-order valence-corrected chi connectivity index (χ2v) is 6.83. The van der Waals surface area contributed by atoms with Crippen LogP contribution in [0.15, 0.2) is 42.5 Å². The third kappa shape index (κ3) is 7.60. The largest absolute Gasteiger partial charge is 0.398 e. The quantitative estimate of drug-likeness (QED) is 0.155. The van der Waals surface area contributed by atoms with Gasteiger partial charge in [0.1, 0.15) is 11.7 Å². The third-order valence-corrected chi connectivity index (χ3v) is 3.07. The van der Waals surface area contributed by atoms with Gasteiger partial charge in [-0.25, -0.2) is 0 Å². The number of hydrogen-bond acceptors (Lipinski definition) is 5. The molecule has 0 aliphatic heterocycles. The summed E-state index contributed by atoms with van der Waals surface area (Å²) in [5.41, 5.74) is 20.5. The van der Waals surface area contributed by atoms with E-state index in [0.29, 0.717) is 23.1 Å². The van der Waals surface area contributed by atoms with Crippen LogP contribution in [0.5, 0.6) is 0 Å². The van der Waals surface area contributed by atoms with Gasteiger partial charge in [-0.1, -0.05) is 48.6 Å². The highest BCUT2D eigenvalue weighted by molar-refractivity contribution is 7.85. The molecular formula is C17H21N5O3S. The molecule has 0 spiro atoms. The Morgan fingerprint density at radius 3 is 1.85 bits per heavy atom. The number of nitrogens with two attached hydrogens (primary N) is 3. The van der Waals surface area contributed by atoms with Crippen LogP contribution in [0.3, 0.4) is 0 Å². The summed E-state index contributed by atoms with van der Waals surface area (Å²) in [6, 6.07) is 12.6. The van der Waals surface area contributed by atoms with Gasteiger partial charge in [-0.2, -0.15) is 8.42 Å². The van der Waals surface area contributed by atoms with Crippen LogP contribution in [-0.4, -0.2) is 30.9 Å². The molecule has 2 aromatic rings. The summed E-state index contributed by atoms with van der Waals surface area (Å²) in [5, 5.41) is 14.7. The second kappa shape index (κ2) is 8.79. The Hall–Kier alpha value is -3.17. The summed E-state index contributed by atoms with van der Waals surface area (Å²) in [6.07, 6.45) is 4.53. The molecule has 0 saturated carbocycles. The second-order valence-electron chi connectivity index (χ2n) is 5.36. The molecule has 0 saturated heterocycles. The van der Waals surface area contributed by atoms with Crippen LogP contribution in [0, 0.1) is 10.8 Å². The van der Waals surface area contributed by atoms with E-state index < -0.39 is 10.1 Å². The van der Waals surface area contributed by atoms with Gasteiger partial charge in [-0.3, -0.25) is 15.4 Å². The molecule has 0 atom stereocenters. The number of rotatable bonds is 4. The first-order valence-electron chi connectivity index (χ1n) is 7.26. The molecule has 0 aliphatic rings. The molecule has 26 heavy (non-hydrogen) atoms. The van der Waals surface area contributed by atoms with Gasteiger partial charge in [-0.05, 0) is 17.2 Å². The number of benzene rings is 2. The minimum Gasteiger partial charge on any atom is -0.398 e. The summed E-state index contributed by atoms with van der Waals surface area (Å²) < 4.78 is 25.9. The predicted octanol–water partition coefficient (Wildman–Crippen LogP) is 1.51. The lowest BCUT2D eigenvalue weighted by atomic mass is 10.1. The molecule has 0 unspecified atom stereocenters. The molecule has 9 N–H and O–H groups in total. The van der Waals surface area contributed by atoms with Crippen molar-refractivity contribution in [3.63, 3.8) is 0 Å². The molecule has 0 radical (unpaired) electrons. The molecular weight excluding hydrogens is 354 g/mol. The van der Waals surface area contributed by atoms with Crippen molar-refractivity contribution in [1.29, 1.82) is 10.8 Å². The highest BCUT2D eigenvalue weighted by atomic mass is 32.2. The topological polar surface area (TPSA) is 180 Å². The van der Waals surface area contributed by atoms with Gasteiger partial charge in [0.05, 0.1) is 6.26 Å².